The molecule has 0 atom stereocenters. The normalized spacial score (nSPS) is 11.4. The highest BCUT2D eigenvalue weighted by atomic mass is 32.2. The number of carboxylic acid groups (broad SMARTS) is 1. The van der Waals surface area contributed by atoms with Gasteiger partial charge in [0.25, 0.3) is 10.0 Å². The van der Waals surface area contributed by atoms with Gasteiger partial charge in [-0.25, -0.2) is 13.1 Å². The van der Waals surface area contributed by atoms with E-state index in [1.165, 1.54) is 0 Å². The first-order chi connectivity index (χ1) is 13.8. The second-order valence-corrected chi connectivity index (χ2v) is 8.18. The Labute approximate surface area is 168 Å². The van der Waals surface area contributed by atoms with Crippen molar-refractivity contribution in [1.82, 2.24) is 9.71 Å². The van der Waals surface area contributed by atoms with Gasteiger partial charge in [-0.2, -0.15) is 4.98 Å². The molecular formula is C20H21N3O5S. The maximum absolute atomic E-state index is 12.8. The predicted molar refractivity (Wildman–Crippen MR) is 109 cm³/mol. The number of hydrogen-bond donors (Lipinski definition) is 2. The van der Waals surface area contributed by atoms with Gasteiger partial charge >= 0.3 is 5.97 Å². The van der Waals surface area contributed by atoms with Gasteiger partial charge in [-0.05, 0) is 36.4 Å². The summed E-state index contributed by atoms with van der Waals surface area (Å²) in [5.74, 6) is -0.842. The van der Waals surface area contributed by atoms with Crippen LogP contribution in [0.1, 0.15) is 6.42 Å². The smallest absolute Gasteiger partial charge is 0.304 e. The number of aliphatic carboxylic acids is 1. The van der Waals surface area contributed by atoms with E-state index in [0.29, 0.717) is 11.1 Å². The SMILES string of the molecule is CN(C)c1ccc(-c2oc(-c3ccccc3)nc2S(=O)(=O)NCCC(=O)O)cc1. The van der Waals surface area contributed by atoms with Crippen LogP contribution in [0.5, 0.6) is 0 Å². The van der Waals surface area contributed by atoms with Crippen LogP contribution in [0, 0.1) is 0 Å². The Morgan fingerprint density at radius 2 is 1.72 bits per heavy atom. The highest BCUT2D eigenvalue weighted by Crippen LogP contribution is 2.33. The first kappa shape index (κ1) is 20.6. The van der Waals surface area contributed by atoms with Crippen LogP contribution >= 0.6 is 0 Å². The van der Waals surface area contributed by atoms with Gasteiger partial charge in [0.1, 0.15) is 0 Å². The topological polar surface area (TPSA) is 113 Å². The van der Waals surface area contributed by atoms with E-state index < -0.39 is 16.0 Å². The third-order valence-electron chi connectivity index (χ3n) is 4.15. The number of nitrogens with one attached hydrogen (secondary N) is 1. The number of nitrogens with zero attached hydrogens (tertiary/aromatic N) is 2. The Morgan fingerprint density at radius 3 is 2.31 bits per heavy atom. The molecule has 0 fully saturated rings. The molecule has 0 bridgehead atoms. The number of hydrogen-bond acceptors (Lipinski definition) is 6. The first-order valence-electron chi connectivity index (χ1n) is 8.83. The fraction of sp³-hybridized carbons (Fsp3) is 0.200. The minimum atomic E-state index is -4.08. The van der Waals surface area contributed by atoms with Crippen molar-refractivity contribution < 1.29 is 22.7 Å². The van der Waals surface area contributed by atoms with Crippen molar-refractivity contribution in [2.75, 3.05) is 25.5 Å². The molecule has 0 aliphatic carbocycles. The molecule has 2 N–H and O–H groups in total. The van der Waals surface area contributed by atoms with Crippen LogP contribution in [0.25, 0.3) is 22.8 Å². The summed E-state index contributed by atoms with van der Waals surface area (Å²) in [6.45, 7) is -0.246. The quantitative estimate of drug-likeness (QED) is 0.582. The van der Waals surface area contributed by atoms with Gasteiger partial charge in [0, 0.05) is 37.5 Å². The van der Waals surface area contributed by atoms with Gasteiger partial charge < -0.3 is 14.4 Å². The van der Waals surface area contributed by atoms with Crippen LogP contribution in [-0.4, -0.2) is 45.1 Å². The fourth-order valence-electron chi connectivity index (χ4n) is 2.65. The van der Waals surface area contributed by atoms with E-state index >= 15 is 0 Å². The molecule has 0 amide bonds. The zero-order valence-corrected chi connectivity index (χ0v) is 16.8. The average molecular weight is 415 g/mol. The van der Waals surface area contributed by atoms with Crippen LogP contribution < -0.4 is 9.62 Å². The molecule has 0 unspecified atom stereocenters. The molecule has 1 aromatic heterocycles. The highest BCUT2D eigenvalue weighted by molar-refractivity contribution is 7.89. The zero-order chi connectivity index (χ0) is 21.0. The zero-order valence-electron chi connectivity index (χ0n) is 16.0. The molecule has 0 saturated heterocycles. The Hall–Kier alpha value is -3.17. The molecule has 0 spiro atoms. The van der Waals surface area contributed by atoms with E-state index in [2.05, 4.69) is 9.71 Å². The first-order valence-corrected chi connectivity index (χ1v) is 10.3. The molecule has 1 heterocycles. The minimum absolute atomic E-state index is 0.0944. The van der Waals surface area contributed by atoms with Crippen LogP contribution in [0.15, 0.2) is 64.0 Å². The fourth-order valence-corrected chi connectivity index (χ4v) is 3.76. The predicted octanol–water partition coefficient (Wildman–Crippen LogP) is 2.83. The van der Waals surface area contributed by atoms with Gasteiger partial charge in [-0.15, -0.1) is 0 Å². The number of anilines is 1. The standard InChI is InChI=1S/C20H21N3O5S/c1-23(2)16-10-8-14(9-11-16)18-20(29(26,27)21-13-12-17(24)25)22-19(28-18)15-6-4-3-5-7-15/h3-11,21H,12-13H2,1-2H3,(H,24,25). The van der Waals surface area contributed by atoms with Crippen molar-refractivity contribution in [1.29, 1.82) is 0 Å². The molecule has 0 saturated carbocycles. The summed E-state index contributed by atoms with van der Waals surface area (Å²) in [6.07, 6.45) is -0.338. The summed E-state index contributed by atoms with van der Waals surface area (Å²) in [4.78, 5) is 16.8. The number of sulfonamides is 1. The molecule has 152 valence electrons. The molecule has 3 aromatic rings. The number of carboxylic acids is 1. The molecule has 0 aliphatic rings. The van der Waals surface area contributed by atoms with E-state index in [1.54, 1.807) is 36.4 Å². The summed E-state index contributed by atoms with van der Waals surface area (Å²) >= 11 is 0. The molecule has 29 heavy (non-hydrogen) atoms. The number of carbonyl (C=O) groups is 1. The second-order valence-electron chi connectivity index (χ2n) is 6.50. The van der Waals surface area contributed by atoms with Gasteiger partial charge in [-0.3, -0.25) is 4.79 Å². The van der Waals surface area contributed by atoms with Crippen LogP contribution in [0.3, 0.4) is 0 Å². The van der Waals surface area contributed by atoms with E-state index in [-0.39, 0.29) is 29.6 Å². The molecular weight excluding hydrogens is 394 g/mol. The second kappa shape index (κ2) is 8.46. The molecule has 0 aliphatic heterocycles. The lowest BCUT2D eigenvalue weighted by atomic mass is 10.1. The number of oxazole rings is 1. The Kier molecular flexibility index (Phi) is 6.00. The highest BCUT2D eigenvalue weighted by Gasteiger charge is 2.27. The lowest BCUT2D eigenvalue weighted by molar-refractivity contribution is -0.136. The van der Waals surface area contributed by atoms with E-state index in [1.807, 2.05) is 37.2 Å². The van der Waals surface area contributed by atoms with Crippen LogP contribution in [0.2, 0.25) is 0 Å². The third-order valence-corrected chi connectivity index (χ3v) is 5.52. The minimum Gasteiger partial charge on any atom is -0.481 e. The maximum atomic E-state index is 12.8. The van der Waals surface area contributed by atoms with Gasteiger partial charge in [0.05, 0.1) is 6.42 Å². The average Bonchev–Trinajstić information content (AvgIpc) is 3.15. The molecule has 9 heteroatoms. The Balaban J connectivity index is 2.05. The van der Waals surface area contributed by atoms with Gasteiger partial charge in [0.2, 0.25) is 10.9 Å². The summed E-state index contributed by atoms with van der Waals surface area (Å²) < 4.78 is 33.7. The van der Waals surface area contributed by atoms with E-state index in [4.69, 9.17) is 9.52 Å². The maximum Gasteiger partial charge on any atom is 0.304 e. The van der Waals surface area contributed by atoms with Crippen molar-refractivity contribution in [3.05, 3.63) is 54.6 Å². The molecule has 3 rings (SSSR count). The molecule has 0 radical (unpaired) electrons. The van der Waals surface area contributed by atoms with Crippen LogP contribution in [-0.2, 0) is 14.8 Å². The van der Waals surface area contributed by atoms with Crippen molar-refractivity contribution in [3.63, 3.8) is 0 Å². The Bertz CT molecular complexity index is 1090. The number of aromatic nitrogens is 1. The lowest BCUT2D eigenvalue weighted by Gasteiger charge is -2.12. The monoisotopic (exact) mass is 415 g/mol. The van der Waals surface area contributed by atoms with E-state index in [0.717, 1.165) is 5.69 Å². The number of benzene rings is 2. The van der Waals surface area contributed by atoms with Crippen molar-refractivity contribution in [3.8, 4) is 22.8 Å². The van der Waals surface area contributed by atoms with Crippen molar-refractivity contribution in [2.24, 2.45) is 0 Å². The van der Waals surface area contributed by atoms with Gasteiger partial charge in [-0.1, -0.05) is 18.2 Å². The molecule has 2 aromatic carbocycles. The summed E-state index contributed by atoms with van der Waals surface area (Å²) in [6, 6.07) is 16.1. The third kappa shape index (κ3) is 4.82. The van der Waals surface area contributed by atoms with E-state index in [9.17, 15) is 13.2 Å². The number of rotatable bonds is 8. The summed E-state index contributed by atoms with van der Waals surface area (Å²) in [5, 5.41) is 8.49. The van der Waals surface area contributed by atoms with Crippen LogP contribution in [0.4, 0.5) is 5.69 Å². The van der Waals surface area contributed by atoms with Crippen molar-refractivity contribution in [2.45, 2.75) is 11.4 Å². The molecule has 8 nitrogen and oxygen atoms in total. The summed E-state index contributed by atoms with van der Waals surface area (Å²) in [5.41, 5.74) is 2.12. The van der Waals surface area contributed by atoms with Crippen molar-refractivity contribution >= 4 is 21.7 Å². The Morgan fingerprint density at radius 1 is 1.07 bits per heavy atom. The largest absolute Gasteiger partial charge is 0.481 e. The van der Waals surface area contributed by atoms with Gasteiger partial charge in [0.15, 0.2) is 5.76 Å². The summed E-state index contributed by atoms with van der Waals surface area (Å²) in [7, 11) is -0.273. The lowest BCUT2D eigenvalue weighted by Crippen LogP contribution is -2.27.